The first-order chi connectivity index (χ1) is 15.9. The topological polar surface area (TPSA) is 77.2 Å². The molecule has 0 aliphatic heterocycles. The van der Waals surface area contributed by atoms with Gasteiger partial charge < -0.3 is 9.84 Å². The molecule has 0 fully saturated rings. The number of hydrogen-bond acceptors (Lipinski definition) is 4. The summed E-state index contributed by atoms with van der Waals surface area (Å²) in [5, 5.41) is 17.8. The molecule has 0 radical (unpaired) electrons. The highest BCUT2D eigenvalue weighted by Gasteiger charge is 2.34. The minimum atomic E-state index is -4.72. The molecule has 1 unspecified atom stereocenters. The quantitative estimate of drug-likeness (QED) is 0.372. The van der Waals surface area contributed by atoms with E-state index in [1.54, 1.807) is 24.3 Å². The van der Waals surface area contributed by atoms with E-state index in [-0.39, 0.29) is 17.0 Å². The van der Waals surface area contributed by atoms with Gasteiger partial charge in [0.2, 0.25) is 6.10 Å². The highest BCUT2D eigenvalue weighted by atomic mass is 19.4. The summed E-state index contributed by atoms with van der Waals surface area (Å²) in [4.78, 5) is 12.7. The Hall–Kier alpha value is -4.09. The summed E-state index contributed by atoms with van der Waals surface area (Å²) in [6.07, 6.45) is -11.2. The molecule has 4 rings (SSSR count). The van der Waals surface area contributed by atoms with E-state index in [4.69, 9.17) is 4.74 Å². The van der Waals surface area contributed by atoms with Gasteiger partial charge in [-0.05, 0) is 42.5 Å². The zero-order valence-corrected chi connectivity index (χ0v) is 16.8. The van der Waals surface area contributed by atoms with Crippen LogP contribution in [0.3, 0.4) is 0 Å². The van der Waals surface area contributed by atoms with Gasteiger partial charge in [0.05, 0.1) is 11.1 Å². The average Bonchev–Trinajstić information content (AvgIpc) is 3.20. The molecule has 3 aromatic carbocycles. The van der Waals surface area contributed by atoms with E-state index in [2.05, 4.69) is 10.2 Å². The van der Waals surface area contributed by atoms with Gasteiger partial charge in [-0.2, -0.15) is 26.3 Å². The molecule has 12 heteroatoms. The maximum absolute atomic E-state index is 13.3. The molecule has 176 valence electrons. The first-order valence-electron chi connectivity index (χ1n) is 9.54. The number of halogens is 6. The molecule has 0 bridgehead atoms. The zero-order chi connectivity index (χ0) is 24.7. The molecule has 4 aromatic rings. The Kier molecular flexibility index (Phi) is 5.67. The fraction of sp³-hybridized carbons (Fsp3) is 0.136. The van der Waals surface area contributed by atoms with E-state index in [0.29, 0.717) is 35.3 Å². The number of carboxylic acid groups (broad SMARTS) is 1. The molecular weight excluding hydrogens is 468 g/mol. The minimum absolute atomic E-state index is 0.148. The third-order valence-electron chi connectivity index (χ3n) is 4.80. The van der Waals surface area contributed by atoms with Crippen LogP contribution in [0.4, 0.5) is 26.3 Å². The molecule has 1 aromatic heterocycles. The van der Waals surface area contributed by atoms with Crippen LogP contribution in [-0.2, 0) is 17.1 Å². The SMILES string of the molecule is O=C(O)C(Oc1ccc(C(F)(F)F)cc1-n1nc2ccccc2n1)c1ccc(C(F)(F)F)cc1. The van der Waals surface area contributed by atoms with E-state index in [1.165, 1.54) is 0 Å². The average molecular weight is 481 g/mol. The van der Waals surface area contributed by atoms with Crippen LogP contribution >= 0.6 is 0 Å². The first-order valence-corrected chi connectivity index (χ1v) is 9.54. The van der Waals surface area contributed by atoms with E-state index in [9.17, 15) is 36.2 Å². The Morgan fingerprint density at radius 3 is 1.85 bits per heavy atom. The summed E-state index contributed by atoms with van der Waals surface area (Å²) in [5.74, 6) is -1.88. The predicted octanol–water partition coefficient (Wildman–Crippen LogP) is 5.66. The lowest BCUT2D eigenvalue weighted by Gasteiger charge is -2.19. The second-order valence-electron chi connectivity index (χ2n) is 7.11. The van der Waals surface area contributed by atoms with Gasteiger partial charge in [0, 0.05) is 5.56 Å². The van der Waals surface area contributed by atoms with E-state index in [1.807, 2.05) is 0 Å². The number of aromatic nitrogens is 3. The molecule has 0 aliphatic rings. The number of carboxylic acids is 1. The third kappa shape index (κ3) is 4.65. The van der Waals surface area contributed by atoms with Gasteiger partial charge in [-0.25, -0.2) is 4.79 Å². The molecule has 1 heterocycles. The number of rotatable bonds is 5. The first kappa shape index (κ1) is 23.1. The smallest absolute Gasteiger partial charge is 0.416 e. The lowest BCUT2D eigenvalue weighted by Crippen LogP contribution is -2.20. The fourth-order valence-electron chi connectivity index (χ4n) is 3.15. The monoisotopic (exact) mass is 481 g/mol. The Labute approximate surface area is 187 Å². The van der Waals surface area contributed by atoms with Crippen molar-refractivity contribution in [2.24, 2.45) is 0 Å². The van der Waals surface area contributed by atoms with Crippen molar-refractivity contribution < 1.29 is 41.0 Å². The fourth-order valence-corrected chi connectivity index (χ4v) is 3.15. The van der Waals surface area contributed by atoms with Crippen LogP contribution in [0.2, 0.25) is 0 Å². The van der Waals surface area contributed by atoms with Gasteiger partial charge in [-0.15, -0.1) is 15.0 Å². The molecular formula is C22H13F6N3O3. The van der Waals surface area contributed by atoms with Crippen LogP contribution in [-0.4, -0.2) is 26.1 Å². The lowest BCUT2D eigenvalue weighted by molar-refractivity contribution is -0.145. The summed E-state index contributed by atoms with van der Waals surface area (Å²) in [6.45, 7) is 0. The lowest BCUT2D eigenvalue weighted by atomic mass is 10.1. The van der Waals surface area contributed by atoms with Crippen molar-refractivity contribution in [2.45, 2.75) is 18.5 Å². The Balaban J connectivity index is 1.78. The minimum Gasteiger partial charge on any atom is -0.478 e. The Morgan fingerprint density at radius 2 is 1.35 bits per heavy atom. The number of fused-ring (bicyclic) bond motifs is 1. The molecule has 0 spiro atoms. The molecule has 0 aliphatic carbocycles. The summed E-state index contributed by atoms with van der Waals surface area (Å²) < 4.78 is 84.0. The number of hydrogen-bond donors (Lipinski definition) is 1. The number of benzene rings is 3. The Morgan fingerprint density at radius 1 is 0.824 bits per heavy atom. The van der Waals surface area contributed by atoms with Crippen LogP contribution in [0.5, 0.6) is 5.75 Å². The van der Waals surface area contributed by atoms with Crippen molar-refractivity contribution in [3.05, 3.63) is 83.4 Å². The van der Waals surface area contributed by atoms with Crippen molar-refractivity contribution in [3.8, 4) is 11.4 Å². The maximum atomic E-state index is 13.3. The summed E-state index contributed by atoms with van der Waals surface area (Å²) in [6, 6.07) is 12.0. The number of alkyl halides is 6. The molecule has 1 atom stereocenters. The summed E-state index contributed by atoms with van der Waals surface area (Å²) in [5.41, 5.74) is -1.78. The molecule has 1 N–H and O–H groups in total. The van der Waals surface area contributed by atoms with Crippen LogP contribution in [0.1, 0.15) is 22.8 Å². The van der Waals surface area contributed by atoms with Gasteiger partial charge in [-0.1, -0.05) is 24.3 Å². The molecule has 0 amide bonds. The molecule has 6 nitrogen and oxygen atoms in total. The van der Waals surface area contributed by atoms with Crippen molar-refractivity contribution in [2.75, 3.05) is 0 Å². The van der Waals surface area contributed by atoms with E-state index >= 15 is 0 Å². The van der Waals surface area contributed by atoms with Crippen LogP contribution in [0.15, 0.2) is 66.7 Å². The second-order valence-corrected chi connectivity index (χ2v) is 7.11. The highest BCUT2D eigenvalue weighted by molar-refractivity contribution is 5.76. The molecule has 0 saturated heterocycles. The van der Waals surface area contributed by atoms with Crippen molar-refractivity contribution >= 4 is 17.0 Å². The van der Waals surface area contributed by atoms with Crippen LogP contribution < -0.4 is 4.74 Å². The second kappa shape index (κ2) is 8.36. The molecule has 34 heavy (non-hydrogen) atoms. The van der Waals surface area contributed by atoms with E-state index in [0.717, 1.165) is 23.0 Å². The molecule has 0 saturated carbocycles. The summed E-state index contributed by atoms with van der Waals surface area (Å²) >= 11 is 0. The van der Waals surface area contributed by atoms with Crippen molar-refractivity contribution in [1.82, 2.24) is 15.0 Å². The normalized spacial score (nSPS) is 13.1. The van der Waals surface area contributed by atoms with Gasteiger partial charge in [-0.3, -0.25) is 0 Å². The van der Waals surface area contributed by atoms with E-state index < -0.39 is 35.6 Å². The third-order valence-corrected chi connectivity index (χ3v) is 4.80. The number of nitrogens with zero attached hydrogens (tertiary/aromatic N) is 3. The number of ether oxygens (including phenoxy) is 1. The standard InChI is InChI=1S/C22H13F6N3O3/c23-21(24,25)13-7-5-12(6-8-13)19(20(32)33)34-18-10-9-14(22(26,27)28)11-17(18)31-29-15-3-1-2-4-16(15)30-31/h1-11,19H,(H,32,33). The summed E-state index contributed by atoms with van der Waals surface area (Å²) in [7, 11) is 0. The number of aliphatic carboxylic acids is 1. The van der Waals surface area contributed by atoms with Gasteiger partial charge in [0.15, 0.2) is 0 Å². The van der Waals surface area contributed by atoms with Crippen molar-refractivity contribution in [3.63, 3.8) is 0 Å². The van der Waals surface area contributed by atoms with Gasteiger partial charge in [0.25, 0.3) is 0 Å². The predicted molar refractivity (Wildman–Crippen MR) is 106 cm³/mol. The highest BCUT2D eigenvalue weighted by Crippen LogP contribution is 2.36. The maximum Gasteiger partial charge on any atom is 0.416 e. The zero-order valence-electron chi connectivity index (χ0n) is 16.8. The van der Waals surface area contributed by atoms with Crippen LogP contribution in [0.25, 0.3) is 16.7 Å². The van der Waals surface area contributed by atoms with Crippen molar-refractivity contribution in [1.29, 1.82) is 0 Å². The van der Waals surface area contributed by atoms with Gasteiger partial charge in [0.1, 0.15) is 22.5 Å². The Bertz CT molecular complexity index is 1310. The largest absolute Gasteiger partial charge is 0.478 e. The van der Waals surface area contributed by atoms with Gasteiger partial charge >= 0.3 is 18.3 Å². The number of carbonyl (C=O) groups is 1. The van der Waals surface area contributed by atoms with Crippen LogP contribution in [0, 0.1) is 0 Å².